The van der Waals surface area contributed by atoms with Gasteiger partial charge in [0.05, 0.1) is 38.4 Å². The topological polar surface area (TPSA) is 153 Å². The number of β-lactam (4-membered cyclic amide) rings is 1. The molecule has 12 nitrogen and oxygen atoms in total. The molecule has 260 valence electrons. The molecule has 2 heterocycles. The van der Waals surface area contributed by atoms with E-state index in [2.05, 4.69) is 33.9 Å². The van der Waals surface area contributed by atoms with E-state index in [1.807, 2.05) is 6.92 Å². The molecule has 0 aromatic heterocycles. The third-order valence-electron chi connectivity index (χ3n) is 9.84. The molecule has 0 spiro atoms. The van der Waals surface area contributed by atoms with Crippen LogP contribution in [0.2, 0.25) is 18.1 Å². The van der Waals surface area contributed by atoms with Crippen LogP contribution in [0.4, 0.5) is 5.69 Å². The average molecular weight is 700 g/mol. The highest BCUT2D eigenvalue weighted by Crippen LogP contribution is 2.51. The molecule has 2 aromatic rings. The zero-order valence-corrected chi connectivity index (χ0v) is 30.8. The van der Waals surface area contributed by atoms with Gasteiger partial charge in [0.15, 0.2) is 8.32 Å². The van der Waals surface area contributed by atoms with Crippen molar-refractivity contribution in [1.29, 1.82) is 0 Å². The van der Waals surface area contributed by atoms with Crippen LogP contribution in [0.1, 0.15) is 64.4 Å². The minimum absolute atomic E-state index is 0.0359. The number of nitrogens with zero attached hydrogens (tertiary/aromatic N) is 3. The Kier molecular flexibility index (Phi) is 10.4. The molecule has 4 rings (SSSR count). The first kappa shape index (κ1) is 36.9. The number of fused-ring (bicyclic) bond motifs is 1. The summed E-state index contributed by atoms with van der Waals surface area (Å²) in [5.74, 6) is -3.49. The number of non-ortho nitro benzene ring substituents is 1. The lowest BCUT2D eigenvalue weighted by atomic mass is 9.79. The normalized spacial score (nSPS) is 20.2. The minimum atomic E-state index is -4.53. The summed E-state index contributed by atoms with van der Waals surface area (Å²) in [5.41, 5.74) is -0.134. The Morgan fingerprint density at radius 3 is 2.19 bits per heavy atom. The Morgan fingerprint density at radius 1 is 1.06 bits per heavy atom. The van der Waals surface area contributed by atoms with Crippen LogP contribution < -0.4 is 0 Å². The number of rotatable bonds is 12. The van der Waals surface area contributed by atoms with Crippen LogP contribution in [0.15, 0.2) is 64.0 Å². The number of nitro benzene ring substituents is 1. The number of esters is 1. The zero-order valence-electron chi connectivity index (χ0n) is 29.0. The van der Waals surface area contributed by atoms with Crippen LogP contribution in [-0.2, 0) is 35.2 Å². The van der Waals surface area contributed by atoms with Gasteiger partial charge >= 0.3 is 5.97 Å². The Balaban J connectivity index is 1.79. The van der Waals surface area contributed by atoms with Crippen molar-refractivity contribution in [3.63, 3.8) is 0 Å². The summed E-state index contributed by atoms with van der Waals surface area (Å²) < 4.78 is 41.5. The van der Waals surface area contributed by atoms with Crippen LogP contribution in [0.3, 0.4) is 0 Å². The van der Waals surface area contributed by atoms with Crippen molar-refractivity contribution in [2.75, 3.05) is 13.1 Å². The smallest absolute Gasteiger partial charge is 0.356 e. The van der Waals surface area contributed by atoms with Gasteiger partial charge in [0.1, 0.15) is 12.3 Å². The molecule has 0 saturated carbocycles. The molecule has 48 heavy (non-hydrogen) atoms. The van der Waals surface area contributed by atoms with Crippen molar-refractivity contribution in [3.8, 4) is 0 Å². The first-order valence-electron chi connectivity index (χ1n) is 16.1. The Labute approximate surface area is 283 Å². The number of amides is 2. The van der Waals surface area contributed by atoms with Gasteiger partial charge in [-0.25, -0.2) is 13.2 Å². The molecule has 2 amide bonds. The lowest BCUT2D eigenvalue weighted by molar-refractivity contribution is -0.384. The van der Waals surface area contributed by atoms with Crippen molar-refractivity contribution < 1.29 is 36.9 Å². The summed E-state index contributed by atoms with van der Waals surface area (Å²) in [6, 6.07) is 10.6. The van der Waals surface area contributed by atoms with E-state index < -0.39 is 64.8 Å². The van der Waals surface area contributed by atoms with Crippen molar-refractivity contribution in [2.24, 2.45) is 11.8 Å². The second-order valence-electron chi connectivity index (χ2n) is 13.8. The molecule has 1 unspecified atom stereocenters. The summed E-state index contributed by atoms with van der Waals surface area (Å²) in [6.45, 7) is 17.9. The molecule has 1 saturated heterocycles. The molecule has 14 heteroatoms. The summed E-state index contributed by atoms with van der Waals surface area (Å²) in [4.78, 5) is 53.9. The summed E-state index contributed by atoms with van der Waals surface area (Å²) in [5, 5.41) is 10.9. The predicted octanol–water partition coefficient (Wildman–Crippen LogP) is 5.69. The van der Waals surface area contributed by atoms with E-state index in [1.54, 1.807) is 26.8 Å². The Hall–Kier alpha value is -3.88. The van der Waals surface area contributed by atoms with E-state index in [-0.39, 0.29) is 38.4 Å². The summed E-state index contributed by atoms with van der Waals surface area (Å²) >= 11 is 0. The number of ether oxygens (including phenoxy) is 1. The third-order valence-corrected chi connectivity index (χ3v) is 16.5. The number of hydrogen-bond acceptors (Lipinski definition) is 9. The fraction of sp³-hybridized carbons (Fsp3) is 0.500. The molecule has 2 aliphatic heterocycles. The van der Waals surface area contributed by atoms with Gasteiger partial charge in [-0.05, 0) is 68.7 Å². The quantitative estimate of drug-likeness (QED) is 0.0894. The van der Waals surface area contributed by atoms with Gasteiger partial charge in [-0.3, -0.25) is 19.7 Å². The number of carbonyl (C=O) groups is 3. The largest absolute Gasteiger partial charge is 0.456 e. The van der Waals surface area contributed by atoms with Crippen LogP contribution in [0.25, 0.3) is 0 Å². The molecular formula is C34H45N3O9SSi. The van der Waals surface area contributed by atoms with Crippen LogP contribution >= 0.6 is 0 Å². The van der Waals surface area contributed by atoms with E-state index in [4.69, 9.17) is 9.16 Å². The maximum absolute atomic E-state index is 14.7. The Bertz CT molecular complexity index is 1750. The highest BCUT2D eigenvalue weighted by molar-refractivity contribution is 7.95. The fourth-order valence-corrected chi connectivity index (χ4v) is 9.62. The first-order chi connectivity index (χ1) is 22.3. The number of hydrogen-bond donors (Lipinski definition) is 0. The Morgan fingerprint density at radius 2 is 1.65 bits per heavy atom. The number of nitro groups is 1. The van der Waals surface area contributed by atoms with E-state index >= 15 is 0 Å². The van der Waals surface area contributed by atoms with E-state index in [9.17, 15) is 32.9 Å². The third kappa shape index (κ3) is 6.57. The molecule has 0 bridgehead atoms. The number of sulfone groups is 1. The van der Waals surface area contributed by atoms with Gasteiger partial charge in [0, 0.05) is 31.1 Å². The van der Waals surface area contributed by atoms with E-state index in [1.165, 1.54) is 52.3 Å². The molecule has 2 aromatic carbocycles. The molecule has 2 aliphatic rings. The van der Waals surface area contributed by atoms with Gasteiger partial charge in [0.25, 0.3) is 11.6 Å². The zero-order chi connectivity index (χ0) is 35.9. The van der Waals surface area contributed by atoms with Gasteiger partial charge in [-0.15, -0.1) is 0 Å². The van der Waals surface area contributed by atoms with Crippen LogP contribution in [0.5, 0.6) is 0 Å². The number of carbonyl (C=O) groups excluding carboxylic acids is 3. The van der Waals surface area contributed by atoms with Gasteiger partial charge in [-0.1, -0.05) is 39.8 Å². The van der Waals surface area contributed by atoms with E-state index in [0.29, 0.717) is 18.7 Å². The first-order valence-corrected chi connectivity index (χ1v) is 20.5. The maximum Gasteiger partial charge on any atom is 0.356 e. The minimum Gasteiger partial charge on any atom is -0.456 e. The van der Waals surface area contributed by atoms with Crippen LogP contribution in [-0.4, -0.2) is 74.5 Å². The van der Waals surface area contributed by atoms with Crippen molar-refractivity contribution in [3.05, 3.63) is 80.4 Å². The molecule has 0 radical (unpaired) electrons. The van der Waals surface area contributed by atoms with Gasteiger partial charge < -0.3 is 19.0 Å². The monoisotopic (exact) mass is 699 g/mol. The van der Waals surface area contributed by atoms with Crippen molar-refractivity contribution >= 4 is 41.6 Å². The number of benzene rings is 2. The SMILES string of the molecule is CCN(CC)C(=O)c1ccccc1S(=O)(=O)C1=C(C(=O)OCc2ccc([N+](=O)[O-])cc2)N2C(=O)[C@H](C(C)O[Si](C)(C)C(C)(C)C)[C@H]2[C@H]1C. The van der Waals surface area contributed by atoms with Crippen LogP contribution in [0, 0.1) is 22.0 Å². The highest BCUT2D eigenvalue weighted by atomic mass is 32.2. The van der Waals surface area contributed by atoms with Gasteiger partial charge in [-0.2, -0.15) is 0 Å². The lowest BCUT2D eigenvalue weighted by Gasteiger charge is -2.50. The molecule has 0 N–H and O–H groups in total. The maximum atomic E-state index is 14.7. The molecule has 0 aliphatic carbocycles. The van der Waals surface area contributed by atoms with Gasteiger partial charge in [0.2, 0.25) is 15.7 Å². The summed E-state index contributed by atoms with van der Waals surface area (Å²) in [7, 11) is -6.86. The molecule has 4 atom stereocenters. The average Bonchev–Trinajstić information content (AvgIpc) is 3.28. The van der Waals surface area contributed by atoms with E-state index in [0.717, 1.165) is 0 Å². The molecule has 1 fully saturated rings. The second-order valence-corrected chi connectivity index (χ2v) is 20.4. The standard InChI is InChI=1S/C34H45N3O9SSi/c1-10-35(11-2)31(38)25-14-12-13-15-26(25)47(43,44)30-21(3)28-27(22(4)46-48(8,9)34(5,6)7)32(39)36(28)29(30)33(40)45-20-23-16-18-24(19-17-23)37(41)42/h12-19,21-22,27-28H,10-11,20H2,1-9H3/t21-,22?,27-,28-/m1/s1. The predicted molar refractivity (Wildman–Crippen MR) is 182 cm³/mol. The fourth-order valence-electron chi connectivity index (χ4n) is 6.19. The molecular weight excluding hydrogens is 655 g/mol. The van der Waals surface area contributed by atoms with Crippen molar-refractivity contribution in [2.45, 2.75) is 90.2 Å². The second kappa shape index (κ2) is 13.6. The van der Waals surface area contributed by atoms with Crippen molar-refractivity contribution in [1.82, 2.24) is 9.80 Å². The summed E-state index contributed by atoms with van der Waals surface area (Å²) in [6.07, 6.45) is -0.557. The highest BCUT2D eigenvalue weighted by Gasteiger charge is 2.63. The lowest BCUT2D eigenvalue weighted by Crippen LogP contribution is -2.65.